The van der Waals surface area contributed by atoms with E-state index >= 15 is 0 Å². The first-order valence-corrected chi connectivity index (χ1v) is 14.6. The first-order valence-electron chi connectivity index (χ1n) is 13.2. The quantitative estimate of drug-likeness (QED) is 0.455. The van der Waals surface area contributed by atoms with E-state index in [0.29, 0.717) is 13.0 Å². The number of amides is 1. The van der Waals surface area contributed by atoms with Crippen LogP contribution in [0.15, 0.2) is 65.6 Å². The molecule has 1 fully saturated rings. The highest BCUT2D eigenvalue weighted by atomic mass is 32.2. The summed E-state index contributed by atoms with van der Waals surface area (Å²) in [6.45, 7) is 5.44. The van der Waals surface area contributed by atoms with Gasteiger partial charge >= 0.3 is 0 Å². The van der Waals surface area contributed by atoms with Gasteiger partial charge in [-0.15, -0.1) is 0 Å². The van der Waals surface area contributed by atoms with Crippen molar-refractivity contribution in [2.24, 2.45) is 0 Å². The van der Waals surface area contributed by atoms with Crippen LogP contribution >= 0.6 is 0 Å². The van der Waals surface area contributed by atoms with Crippen molar-refractivity contribution in [2.45, 2.75) is 62.6 Å². The predicted molar refractivity (Wildman–Crippen MR) is 145 cm³/mol. The van der Waals surface area contributed by atoms with Gasteiger partial charge in [0.05, 0.1) is 17.5 Å². The van der Waals surface area contributed by atoms with E-state index in [1.807, 2.05) is 24.3 Å². The minimum absolute atomic E-state index is 0.0482. The van der Waals surface area contributed by atoms with Gasteiger partial charge in [-0.2, -0.15) is 0 Å². The topological polar surface area (TPSA) is 87.7 Å². The molecule has 7 nitrogen and oxygen atoms in total. The average Bonchev–Trinajstić information content (AvgIpc) is 2.88. The molecule has 2 N–H and O–H groups in total. The molecule has 0 saturated carbocycles. The van der Waals surface area contributed by atoms with Crippen molar-refractivity contribution in [1.82, 2.24) is 14.9 Å². The van der Waals surface area contributed by atoms with Gasteiger partial charge in [-0.3, -0.25) is 9.69 Å². The number of nitrogens with one attached hydrogen (secondary N) is 2. The summed E-state index contributed by atoms with van der Waals surface area (Å²) < 4.78 is 34.4. The number of benzene rings is 3. The van der Waals surface area contributed by atoms with Gasteiger partial charge in [-0.05, 0) is 67.4 Å². The zero-order valence-corrected chi connectivity index (χ0v) is 22.1. The fourth-order valence-corrected chi connectivity index (χ4v) is 6.58. The lowest BCUT2D eigenvalue weighted by molar-refractivity contribution is -0.122. The van der Waals surface area contributed by atoms with Crippen LogP contribution < -0.4 is 14.8 Å². The Morgan fingerprint density at radius 3 is 2.62 bits per heavy atom. The first-order chi connectivity index (χ1) is 17.9. The standard InChI is InChI=1S/C29H35N3O4S/c1-21(31-37(34,35)25-11-10-23-7-3-4-8-24(23)19-25)17-29(33)30-27-13-16-36-28-18-22(9-12-26(27)28)20-32-14-5-2-6-15-32/h3-4,7-12,18-19,21,27,31H,2,5-6,13-17,20H2,1H3,(H,30,33)/t21-,27?/m0/s1. The number of fused-ring (bicyclic) bond motifs is 2. The lowest BCUT2D eigenvalue weighted by Gasteiger charge is -2.29. The van der Waals surface area contributed by atoms with Crippen molar-refractivity contribution in [3.8, 4) is 5.75 Å². The molecule has 8 heteroatoms. The number of ether oxygens (including phenoxy) is 1. The predicted octanol–water partition coefficient (Wildman–Crippen LogP) is 4.52. The van der Waals surface area contributed by atoms with Crippen molar-refractivity contribution < 1.29 is 17.9 Å². The van der Waals surface area contributed by atoms with Gasteiger partial charge < -0.3 is 10.1 Å². The molecule has 1 unspecified atom stereocenters. The molecule has 37 heavy (non-hydrogen) atoms. The van der Waals surface area contributed by atoms with Gasteiger partial charge in [0.2, 0.25) is 15.9 Å². The number of sulfonamides is 1. The van der Waals surface area contributed by atoms with Crippen LogP contribution in [0.4, 0.5) is 0 Å². The third kappa shape index (κ3) is 6.32. The lowest BCUT2D eigenvalue weighted by atomic mass is 9.98. The zero-order chi connectivity index (χ0) is 25.8. The number of likely N-dealkylation sites (tertiary alicyclic amines) is 1. The maximum atomic E-state index is 12.9. The van der Waals surface area contributed by atoms with Crippen LogP contribution in [0.1, 0.15) is 56.2 Å². The number of hydrogen-bond acceptors (Lipinski definition) is 5. The van der Waals surface area contributed by atoms with Gasteiger partial charge in [0, 0.05) is 31.0 Å². The van der Waals surface area contributed by atoms with Gasteiger partial charge in [-0.1, -0.05) is 48.9 Å². The van der Waals surface area contributed by atoms with Crippen LogP contribution in [0.5, 0.6) is 5.75 Å². The Balaban J connectivity index is 1.19. The van der Waals surface area contributed by atoms with Crippen LogP contribution in [0.25, 0.3) is 10.8 Å². The van der Waals surface area contributed by atoms with Crippen molar-refractivity contribution in [3.63, 3.8) is 0 Å². The van der Waals surface area contributed by atoms with Crippen LogP contribution in [0.3, 0.4) is 0 Å². The number of nitrogens with zero attached hydrogens (tertiary/aromatic N) is 1. The highest BCUT2D eigenvalue weighted by Crippen LogP contribution is 2.33. The summed E-state index contributed by atoms with van der Waals surface area (Å²) >= 11 is 0. The number of carbonyl (C=O) groups excluding carboxylic acids is 1. The highest BCUT2D eigenvalue weighted by molar-refractivity contribution is 7.89. The normalized spacial score (nSPS) is 19.1. The van der Waals surface area contributed by atoms with Crippen molar-refractivity contribution >= 4 is 26.7 Å². The summed E-state index contributed by atoms with van der Waals surface area (Å²) in [4.78, 5) is 15.5. The summed E-state index contributed by atoms with van der Waals surface area (Å²) in [7, 11) is -3.75. The fourth-order valence-electron chi connectivity index (χ4n) is 5.30. The summed E-state index contributed by atoms with van der Waals surface area (Å²) in [6, 6.07) is 18.2. The van der Waals surface area contributed by atoms with Crippen LogP contribution in [0.2, 0.25) is 0 Å². The van der Waals surface area contributed by atoms with Crippen LogP contribution in [-0.2, 0) is 21.4 Å². The second-order valence-corrected chi connectivity index (χ2v) is 11.9. The number of piperidine rings is 1. The van der Waals surface area contributed by atoms with E-state index in [9.17, 15) is 13.2 Å². The largest absolute Gasteiger partial charge is 0.493 e. The molecule has 0 aromatic heterocycles. The Morgan fingerprint density at radius 1 is 1.03 bits per heavy atom. The third-order valence-corrected chi connectivity index (χ3v) is 8.77. The molecule has 2 aliphatic rings. The SMILES string of the molecule is C[C@@H](CC(=O)NC1CCOc2cc(CN3CCCCC3)ccc21)NS(=O)(=O)c1ccc2ccccc2c1. The van der Waals surface area contributed by atoms with Crippen molar-refractivity contribution in [3.05, 3.63) is 71.8 Å². The van der Waals surface area contributed by atoms with E-state index in [1.54, 1.807) is 25.1 Å². The Bertz CT molecular complexity index is 1370. The maximum absolute atomic E-state index is 12.9. The van der Waals surface area contributed by atoms with Gasteiger partial charge in [0.1, 0.15) is 5.75 Å². The zero-order valence-electron chi connectivity index (χ0n) is 21.3. The second kappa shape index (κ2) is 11.2. The molecule has 1 saturated heterocycles. The number of rotatable bonds is 8. The van der Waals surface area contributed by atoms with Crippen molar-refractivity contribution in [1.29, 1.82) is 0 Å². The summed E-state index contributed by atoms with van der Waals surface area (Å²) in [6.07, 6.45) is 4.56. The third-order valence-electron chi connectivity index (χ3n) is 7.19. The molecular formula is C29H35N3O4S. The molecular weight excluding hydrogens is 486 g/mol. The maximum Gasteiger partial charge on any atom is 0.240 e. The Kier molecular flexibility index (Phi) is 7.79. The van der Waals surface area contributed by atoms with E-state index in [0.717, 1.165) is 41.7 Å². The van der Waals surface area contributed by atoms with E-state index in [2.05, 4.69) is 33.1 Å². The van der Waals surface area contributed by atoms with Crippen LogP contribution in [0, 0.1) is 0 Å². The van der Waals surface area contributed by atoms with Gasteiger partial charge in [-0.25, -0.2) is 13.1 Å². The molecule has 0 bridgehead atoms. The minimum atomic E-state index is -3.75. The molecule has 2 heterocycles. The Labute approximate surface area is 219 Å². The Morgan fingerprint density at radius 2 is 1.81 bits per heavy atom. The monoisotopic (exact) mass is 521 g/mol. The summed E-state index contributed by atoms with van der Waals surface area (Å²) in [5.41, 5.74) is 2.20. The summed E-state index contributed by atoms with van der Waals surface area (Å²) in [5.74, 6) is 0.639. The van der Waals surface area contributed by atoms with E-state index < -0.39 is 16.1 Å². The van der Waals surface area contributed by atoms with E-state index in [4.69, 9.17) is 4.74 Å². The first kappa shape index (κ1) is 25.7. The average molecular weight is 522 g/mol. The fraction of sp³-hybridized carbons (Fsp3) is 0.414. The highest BCUT2D eigenvalue weighted by Gasteiger charge is 2.25. The summed E-state index contributed by atoms with van der Waals surface area (Å²) in [5, 5.41) is 4.92. The Hall–Kier alpha value is -2.94. The lowest BCUT2D eigenvalue weighted by Crippen LogP contribution is -2.39. The minimum Gasteiger partial charge on any atom is -0.493 e. The van der Waals surface area contributed by atoms with E-state index in [1.165, 1.54) is 24.8 Å². The molecule has 0 spiro atoms. The molecule has 1 amide bonds. The van der Waals surface area contributed by atoms with E-state index in [-0.39, 0.29) is 23.3 Å². The van der Waals surface area contributed by atoms with Gasteiger partial charge in [0.25, 0.3) is 0 Å². The van der Waals surface area contributed by atoms with Gasteiger partial charge in [0.15, 0.2) is 0 Å². The molecule has 3 aromatic carbocycles. The molecule has 2 aliphatic heterocycles. The molecule has 0 aliphatic carbocycles. The number of hydrogen-bond donors (Lipinski definition) is 2. The molecule has 5 rings (SSSR count). The smallest absolute Gasteiger partial charge is 0.240 e. The second-order valence-electron chi connectivity index (χ2n) is 10.2. The van der Waals surface area contributed by atoms with Crippen molar-refractivity contribution in [2.75, 3.05) is 19.7 Å². The number of carbonyl (C=O) groups is 1. The van der Waals surface area contributed by atoms with Crippen LogP contribution in [-0.4, -0.2) is 45.0 Å². The molecule has 3 aromatic rings. The molecule has 2 atom stereocenters. The molecule has 0 radical (unpaired) electrons. The molecule has 196 valence electrons.